The van der Waals surface area contributed by atoms with Gasteiger partial charge in [0, 0.05) is 44.1 Å². The maximum atomic E-state index is 11.6. The van der Waals surface area contributed by atoms with Gasteiger partial charge in [-0.15, -0.1) is 0 Å². The lowest BCUT2D eigenvalue weighted by molar-refractivity contribution is -0.0666. The van der Waals surface area contributed by atoms with Crippen molar-refractivity contribution < 1.29 is 19.4 Å². The molecule has 3 aliphatic heterocycles. The van der Waals surface area contributed by atoms with Crippen LogP contribution in [0, 0.1) is 11.8 Å². The van der Waals surface area contributed by atoms with Gasteiger partial charge in [0.25, 0.3) is 0 Å². The molecule has 3 saturated heterocycles. The summed E-state index contributed by atoms with van der Waals surface area (Å²) < 4.78 is 11.3. The van der Waals surface area contributed by atoms with Crippen molar-refractivity contribution in [2.75, 3.05) is 44.8 Å². The molecule has 1 saturated carbocycles. The molecular formula is C20H28N4O4. The van der Waals surface area contributed by atoms with Crippen molar-refractivity contribution in [2.45, 2.75) is 43.4 Å². The van der Waals surface area contributed by atoms with Gasteiger partial charge >= 0.3 is 5.97 Å². The Hall–Kier alpha value is -1.77. The number of ether oxygens (including phenoxy) is 2. The molecule has 4 heterocycles. The van der Waals surface area contributed by atoms with E-state index in [-0.39, 0.29) is 29.9 Å². The summed E-state index contributed by atoms with van der Waals surface area (Å²) in [4.78, 5) is 25.1. The Balaban J connectivity index is 1.38. The van der Waals surface area contributed by atoms with E-state index in [4.69, 9.17) is 9.47 Å². The van der Waals surface area contributed by atoms with Gasteiger partial charge in [-0.1, -0.05) is 12.8 Å². The highest BCUT2D eigenvalue weighted by molar-refractivity contribution is 5.86. The normalized spacial score (nSPS) is 35.4. The van der Waals surface area contributed by atoms with Crippen LogP contribution in [0.2, 0.25) is 0 Å². The molecule has 1 aromatic heterocycles. The number of anilines is 1. The van der Waals surface area contributed by atoms with Gasteiger partial charge in [-0.05, 0) is 12.8 Å². The molecule has 1 N–H and O–H groups in total. The number of hydrogen-bond acceptors (Lipinski definition) is 8. The summed E-state index contributed by atoms with van der Waals surface area (Å²) >= 11 is 0. The molecule has 0 amide bonds. The first-order valence-corrected chi connectivity index (χ1v) is 10.3. The maximum absolute atomic E-state index is 11.6. The summed E-state index contributed by atoms with van der Waals surface area (Å²) in [6.07, 6.45) is 8.31. The second-order valence-corrected chi connectivity index (χ2v) is 8.67. The third-order valence-electron chi connectivity index (χ3n) is 7.23. The van der Waals surface area contributed by atoms with Gasteiger partial charge in [-0.2, -0.15) is 0 Å². The standard InChI is InChI=1S/C20H28N4O4/c1-27-19(26)16-6-22-18(7-21-16)24-9-17-14(10-25)15-8-23(13-4-2-3-5-13)11-20(15,12-24)28-17/h6-7,13-15,17,25H,2-5,8-12H2,1H3/t14-,15+,17+,20-/m0/s1. The lowest BCUT2D eigenvalue weighted by Gasteiger charge is -2.41. The summed E-state index contributed by atoms with van der Waals surface area (Å²) in [7, 11) is 1.34. The minimum absolute atomic E-state index is 0.0107. The highest BCUT2D eigenvalue weighted by Gasteiger charge is 2.63. The van der Waals surface area contributed by atoms with Crippen LogP contribution in [0.5, 0.6) is 0 Å². The maximum Gasteiger partial charge on any atom is 0.358 e. The molecule has 28 heavy (non-hydrogen) atoms. The van der Waals surface area contributed by atoms with Gasteiger partial charge in [-0.3, -0.25) is 4.90 Å². The number of aliphatic hydroxyl groups excluding tert-OH is 1. The minimum atomic E-state index is -0.483. The number of hydrogen-bond donors (Lipinski definition) is 1. The Bertz CT molecular complexity index is 738. The van der Waals surface area contributed by atoms with E-state index >= 15 is 0 Å². The lowest BCUT2D eigenvalue weighted by Crippen LogP contribution is -2.55. The van der Waals surface area contributed by atoms with Crippen LogP contribution < -0.4 is 4.90 Å². The van der Waals surface area contributed by atoms with Crippen LogP contribution in [-0.2, 0) is 9.47 Å². The number of aromatic nitrogens is 2. The number of carbonyl (C=O) groups excluding carboxylic acids is 1. The van der Waals surface area contributed by atoms with Gasteiger partial charge < -0.3 is 19.5 Å². The summed E-state index contributed by atoms with van der Waals surface area (Å²) in [5.41, 5.74) is -0.0400. The van der Waals surface area contributed by atoms with Gasteiger partial charge in [-0.25, -0.2) is 14.8 Å². The van der Waals surface area contributed by atoms with Crippen molar-refractivity contribution in [2.24, 2.45) is 11.8 Å². The molecule has 0 unspecified atom stereocenters. The quantitative estimate of drug-likeness (QED) is 0.755. The van der Waals surface area contributed by atoms with E-state index in [1.807, 2.05) is 0 Å². The minimum Gasteiger partial charge on any atom is -0.464 e. The molecule has 2 bridgehead atoms. The van der Waals surface area contributed by atoms with Crippen LogP contribution in [0.4, 0.5) is 5.82 Å². The molecular weight excluding hydrogens is 360 g/mol. The van der Waals surface area contributed by atoms with E-state index < -0.39 is 5.97 Å². The lowest BCUT2D eigenvalue weighted by atomic mass is 9.83. The third kappa shape index (κ3) is 2.81. The Morgan fingerprint density at radius 3 is 2.79 bits per heavy atom. The van der Waals surface area contributed by atoms with Gasteiger partial charge in [0.05, 0.1) is 32.2 Å². The van der Waals surface area contributed by atoms with Crippen molar-refractivity contribution in [3.05, 3.63) is 18.1 Å². The first kappa shape index (κ1) is 18.3. The average molecular weight is 388 g/mol. The second-order valence-electron chi connectivity index (χ2n) is 8.67. The predicted molar refractivity (Wildman–Crippen MR) is 101 cm³/mol. The number of morpholine rings is 1. The average Bonchev–Trinajstić information content (AvgIpc) is 3.41. The van der Waals surface area contributed by atoms with Crippen LogP contribution in [0.25, 0.3) is 0 Å². The molecule has 1 aliphatic carbocycles. The zero-order valence-electron chi connectivity index (χ0n) is 16.3. The fraction of sp³-hybridized carbons (Fsp3) is 0.750. The Kier molecular flexibility index (Phi) is 4.52. The number of carbonyl (C=O) groups is 1. The largest absolute Gasteiger partial charge is 0.464 e. The van der Waals surface area contributed by atoms with Gasteiger partial charge in [0.15, 0.2) is 5.69 Å². The fourth-order valence-electron chi connectivity index (χ4n) is 5.89. The van der Waals surface area contributed by atoms with Gasteiger partial charge in [0.2, 0.25) is 0 Å². The van der Waals surface area contributed by atoms with Crippen molar-refractivity contribution in [1.29, 1.82) is 0 Å². The molecule has 4 fully saturated rings. The Morgan fingerprint density at radius 2 is 2.11 bits per heavy atom. The number of aliphatic hydroxyl groups is 1. The fourth-order valence-corrected chi connectivity index (χ4v) is 5.89. The van der Waals surface area contributed by atoms with Crippen LogP contribution in [0.15, 0.2) is 12.4 Å². The first-order valence-electron chi connectivity index (χ1n) is 10.3. The topological polar surface area (TPSA) is 88.0 Å². The van der Waals surface area contributed by atoms with E-state index in [0.717, 1.165) is 25.5 Å². The predicted octanol–water partition coefficient (Wildman–Crippen LogP) is 0.704. The molecule has 8 heteroatoms. The molecule has 0 radical (unpaired) electrons. The van der Waals surface area contributed by atoms with Crippen LogP contribution in [0.3, 0.4) is 0 Å². The van der Waals surface area contributed by atoms with E-state index in [1.54, 1.807) is 6.20 Å². The Labute approximate surface area is 164 Å². The third-order valence-corrected chi connectivity index (χ3v) is 7.23. The monoisotopic (exact) mass is 388 g/mol. The molecule has 4 atom stereocenters. The second kappa shape index (κ2) is 6.93. The zero-order valence-corrected chi connectivity index (χ0v) is 16.3. The summed E-state index contributed by atoms with van der Waals surface area (Å²) in [6.45, 7) is 3.56. The summed E-state index contributed by atoms with van der Waals surface area (Å²) in [5, 5.41) is 10.1. The van der Waals surface area contributed by atoms with Crippen molar-refractivity contribution in [3.63, 3.8) is 0 Å². The zero-order chi connectivity index (χ0) is 19.3. The number of likely N-dealkylation sites (tertiary alicyclic amines) is 1. The number of rotatable bonds is 4. The Morgan fingerprint density at radius 1 is 1.29 bits per heavy atom. The van der Waals surface area contributed by atoms with E-state index in [9.17, 15) is 9.90 Å². The van der Waals surface area contributed by atoms with E-state index in [2.05, 4.69) is 19.8 Å². The molecule has 152 valence electrons. The van der Waals surface area contributed by atoms with Crippen molar-refractivity contribution in [3.8, 4) is 0 Å². The van der Waals surface area contributed by atoms with Crippen molar-refractivity contribution in [1.82, 2.24) is 14.9 Å². The first-order chi connectivity index (χ1) is 13.6. The van der Waals surface area contributed by atoms with Gasteiger partial charge in [0.1, 0.15) is 11.4 Å². The SMILES string of the molecule is COC(=O)c1cnc(N2C[C@H]3O[C@]4(C2)CN(C2CCCC2)C[C@@H]4[C@@H]3CO)cn1. The highest BCUT2D eigenvalue weighted by atomic mass is 16.5. The molecule has 4 aliphatic rings. The number of nitrogens with zero attached hydrogens (tertiary/aromatic N) is 4. The van der Waals surface area contributed by atoms with Crippen molar-refractivity contribution >= 4 is 11.8 Å². The van der Waals surface area contributed by atoms with E-state index in [0.29, 0.717) is 18.5 Å². The molecule has 5 rings (SSSR count). The number of methoxy groups -OCH3 is 1. The summed E-state index contributed by atoms with van der Waals surface area (Å²) in [5.74, 6) is 0.786. The van der Waals surface area contributed by atoms with Crippen LogP contribution >= 0.6 is 0 Å². The molecule has 0 aromatic carbocycles. The van der Waals surface area contributed by atoms with Crippen LogP contribution in [0.1, 0.15) is 36.2 Å². The summed E-state index contributed by atoms with van der Waals surface area (Å²) in [6, 6.07) is 0.663. The molecule has 1 spiro atoms. The van der Waals surface area contributed by atoms with E-state index in [1.165, 1.54) is 39.0 Å². The molecule has 1 aromatic rings. The van der Waals surface area contributed by atoms with Crippen LogP contribution in [-0.4, -0.2) is 83.6 Å². The number of esters is 1. The highest BCUT2D eigenvalue weighted by Crippen LogP contribution is 2.50. The molecule has 8 nitrogen and oxygen atoms in total. The smallest absolute Gasteiger partial charge is 0.358 e. The number of fused-ring (bicyclic) bond motifs is 1.